The van der Waals surface area contributed by atoms with E-state index in [0.717, 1.165) is 0 Å². The van der Waals surface area contributed by atoms with Crippen LogP contribution >= 0.6 is 0 Å². The smallest absolute Gasteiger partial charge is 0.334 e. The van der Waals surface area contributed by atoms with Crippen LogP contribution in [0.5, 0.6) is 0 Å². The summed E-state index contributed by atoms with van der Waals surface area (Å²) >= 11 is 0. The first kappa shape index (κ1) is 11.4. The molecule has 0 aromatic carbocycles. The molecule has 7 nitrogen and oxygen atoms in total. The van der Waals surface area contributed by atoms with Crippen LogP contribution in [-0.2, 0) is 6.54 Å². The van der Waals surface area contributed by atoms with Crippen molar-refractivity contribution in [2.75, 3.05) is 12.3 Å². The third-order valence-corrected chi connectivity index (χ3v) is 2.03. The van der Waals surface area contributed by atoms with Crippen molar-refractivity contribution in [3.8, 4) is 0 Å². The maximum Gasteiger partial charge on any atom is 0.334 e. The van der Waals surface area contributed by atoms with Crippen LogP contribution in [0.3, 0.4) is 0 Å². The number of aliphatic hydroxyl groups excluding tert-OH is 1. The minimum absolute atomic E-state index is 0.00208. The summed E-state index contributed by atoms with van der Waals surface area (Å²) in [4.78, 5) is 10.2. The molecule has 0 radical (unpaired) electrons. The van der Waals surface area contributed by atoms with Gasteiger partial charge in [-0.1, -0.05) is 13.8 Å². The van der Waals surface area contributed by atoms with Crippen molar-refractivity contribution in [1.29, 1.82) is 0 Å². The van der Waals surface area contributed by atoms with Crippen molar-refractivity contribution in [1.82, 2.24) is 9.78 Å². The Bertz CT molecular complexity index is 372. The number of rotatable bonds is 4. The monoisotopic (exact) mass is 214 g/mol. The van der Waals surface area contributed by atoms with Crippen molar-refractivity contribution >= 4 is 11.5 Å². The highest BCUT2D eigenvalue weighted by molar-refractivity contribution is 5.57. The van der Waals surface area contributed by atoms with Crippen LogP contribution in [0.25, 0.3) is 0 Å². The molecule has 0 aliphatic heterocycles. The number of nitrogen functional groups attached to an aromatic ring is 1. The van der Waals surface area contributed by atoms with Gasteiger partial charge in [0.15, 0.2) is 0 Å². The number of nitrogens with two attached hydrogens (primary N) is 1. The Morgan fingerprint density at radius 2 is 2.27 bits per heavy atom. The van der Waals surface area contributed by atoms with Crippen LogP contribution in [-0.4, -0.2) is 26.4 Å². The van der Waals surface area contributed by atoms with Gasteiger partial charge in [-0.3, -0.25) is 10.1 Å². The van der Waals surface area contributed by atoms with Crippen LogP contribution in [0.2, 0.25) is 0 Å². The van der Waals surface area contributed by atoms with Crippen LogP contribution < -0.4 is 5.73 Å². The second-order valence-corrected chi connectivity index (χ2v) is 3.48. The molecule has 1 rings (SSSR count). The Morgan fingerprint density at radius 1 is 1.67 bits per heavy atom. The molecule has 0 atom stereocenters. The van der Waals surface area contributed by atoms with Gasteiger partial charge in [-0.15, -0.1) is 0 Å². The highest BCUT2D eigenvalue weighted by Gasteiger charge is 2.27. The summed E-state index contributed by atoms with van der Waals surface area (Å²) in [5.41, 5.74) is 5.78. The molecule has 1 heterocycles. The van der Waals surface area contributed by atoms with Crippen molar-refractivity contribution in [3.63, 3.8) is 0 Å². The molecule has 0 unspecified atom stereocenters. The average Bonchev–Trinajstić information content (AvgIpc) is 2.44. The normalized spacial score (nSPS) is 10.9. The van der Waals surface area contributed by atoms with E-state index in [1.807, 2.05) is 0 Å². The van der Waals surface area contributed by atoms with Crippen LogP contribution in [0.4, 0.5) is 11.5 Å². The predicted octanol–water partition coefficient (Wildman–Crippen LogP) is 0.489. The number of aromatic nitrogens is 2. The molecule has 84 valence electrons. The second-order valence-electron chi connectivity index (χ2n) is 3.48. The maximum absolute atomic E-state index is 10.8. The molecule has 0 amide bonds. The fraction of sp³-hybridized carbons (Fsp3) is 0.625. The number of aliphatic hydroxyl groups is 1. The number of nitrogens with zero attached hydrogens (tertiary/aromatic N) is 3. The topological polar surface area (TPSA) is 107 Å². The van der Waals surface area contributed by atoms with Crippen molar-refractivity contribution in [3.05, 3.63) is 15.8 Å². The molecule has 0 aliphatic rings. The van der Waals surface area contributed by atoms with Crippen LogP contribution in [0.15, 0.2) is 0 Å². The van der Waals surface area contributed by atoms with Gasteiger partial charge in [0.05, 0.1) is 18.1 Å². The molecule has 0 fully saturated rings. The SMILES string of the molecule is CC(C)c1nn(CCO)c(N)c1[N+](=O)[O-]. The minimum Gasteiger partial charge on any atom is -0.394 e. The molecule has 0 saturated carbocycles. The van der Waals surface area contributed by atoms with E-state index < -0.39 is 4.92 Å². The summed E-state index contributed by atoms with van der Waals surface area (Å²) in [7, 11) is 0. The van der Waals surface area contributed by atoms with E-state index in [0.29, 0.717) is 5.69 Å². The Morgan fingerprint density at radius 3 is 2.60 bits per heavy atom. The number of nitro groups is 1. The molecular formula is C8H14N4O3. The first-order valence-corrected chi connectivity index (χ1v) is 4.60. The fourth-order valence-electron chi connectivity index (χ4n) is 1.33. The van der Waals surface area contributed by atoms with Gasteiger partial charge in [-0.2, -0.15) is 5.10 Å². The molecule has 0 aliphatic carbocycles. The molecular weight excluding hydrogens is 200 g/mol. The Labute approximate surface area is 86.7 Å². The number of hydrogen-bond donors (Lipinski definition) is 2. The van der Waals surface area contributed by atoms with Gasteiger partial charge in [0.1, 0.15) is 5.69 Å². The van der Waals surface area contributed by atoms with E-state index in [4.69, 9.17) is 10.8 Å². The maximum atomic E-state index is 10.8. The molecule has 0 bridgehead atoms. The lowest BCUT2D eigenvalue weighted by Gasteiger charge is -1.98. The summed E-state index contributed by atoms with van der Waals surface area (Å²) in [6, 6.07) is 0. The van der Waals surface area contributed by atoms with E-state index in [9.17, 15) is 10.1 Å². The quantitative estimate of drug-likeness (QED) is 0.560. The number of hydrogen-bond acceptors (Lipinski definition) is 5. The van der Waals surface area contributed by atoms with E-state index in [1.54, 1.807) is 13.8 Å². The highest BCUT2D eigenvalue weighted by atomic mass is 16.6. The summed E-state index contributed by atoms with van der Waals surface area (Å²) in [6.45, 7) is 3.62. The number of anilines is 1. The molecule has 15 heavy (non-hydrogen) atoms. The average molecular weight is 214 g/mol. The van der Waals surface area contributed by atoms with Crippen molar-refractivity contribution in [2.45, 2.75) is 26.3 Å². The third-order valence-electron chi connectivity index (χ3n) is 2.03. The summed E-state index contributed by atoms with van der Waals surface area (Å²) in [6.07, 6.45) is 0. The summed E-state index contributed by atoms with van der Waals surface area (Å²) < 4.78 is 1.26. The van der Waals surface area contributed by atoms with Gasteiger partial charge in [0.2, 0.25) is 5.82 Å². The molecule has 1 aromatic rings. The Balaban J connectivity index is 3.26. The second kappa shape index (κ2) is 4.26. The van der Waals surface area contributed by atoms with E-state index in [2.05, 4.69) is 5.10 Å². The molecule has 0 saturated heterocycles. The Kier molecular flexibility index (Phi) is 3.25. The highest BCUT2D eigenvalue weighted by Crippen LogP contribution is 2.30. The molecule has 7 heteroatoms. The fourth-order valence-corrected chi connectivity index (χ4v) is 1.33. The van der Waals surface area contributed by atoms with Gasteiger partial charge in [0.25, 0.3) is 0 Å². The lowest BCUT2D eigenvalue weighted by atomic mass is 10.1. The van der Waals surface area contributed by atoms with E-state index >= 15 is 0 Å². The van der Waals surface area contributed by atoms with Gasteiger partial charge in [-0.05, 0) is 0 Å². The third kappa shape index (κ3) is 2.07. The van der Waals surface area contributed by atoms with Crippen molar-refractivity contribution < 1.29 is 10.0 Å². The zero-order chi connectivity index (χ0) is 11.6. The minimum atomic E-state index is -0.536. The largest absolute Gasteiger partial charge is 0.394 e. The van der Waals surface area contributed by atoms with Gasteiger partial charge in [-0.25, -0.2) is 4.68 Å². The lowest BCUT2D eigenvalue weighted by molar-refractivity contribution is -0.384. The van der Waals surface area contributed by atoms with E-state index in [1.165, 1.54) is 4.68 Å². The lowest BCUT2D eigenvalue weighted by Crippen LogP contribution is -2.08. The van der Waals surface area contributed by atoms with Gasteiger partial charge >= 0.3 is 5.69 Å². The first-order chi connectivity index (χ1) is 6.99. The zero-order valence-electron chi connectivity index (χ0n) is 8.67. The zero-order valence-corrected chi connectivity index (χ0v) is 8.67. The Hall–Kier alpha value is -1.63. The first-order valence-electron chi connectivity index (χ1n) is 4.60. The standard InChI is InChI=1S/C8H14N4O3/c1-5(2)6-7(12(14)15)8(9)11(10-6)3-4-13/h5,13H,3-4,9H2,1-2H3. The van der Waals surface area contributed by atoms with Gasteiger partial charge in [0, 0.05) is 5.92 Å². The van der Waals surface area contributed by atoms with Crippen LogP contribution in [0.1, 0.15) is 25.5 Å². The molecule has 3 N–H and O–H groups in total. The molecule has 1 aromatic heterocycles. The summed E-state index contributed by atoms with van der Waals surface area (Å²) in [5.74, 6) is -0.0783. The summed E-state index contributed by atoms with van der Waals surface area (Å²) in [5, 5.41) is 23.5. The van der Waals surface area contributed by atoms with Crippen LogP contribution in [0, 0.1) is 10.1 Å². The van der Waals surface area contributed by atoms with E-state index in [-0.39, 0.29) is 30.6 Å². The van der Waals surface area contributed by atoms with Gasteiger partial charge < -0.3 is 10.8 Å². The predicted molar refractivity (Wildman–Crippen MR) is 54.5 cm³/mol. The molecule has 0 spiro atoms. The van der Waals surface area contributed by atoms with Crippen molar-refractivity contribution in [2.24, 2.45) is 0 Å².